The average molecular weight is 255 g/mol. The van der Waals surface area contributed by atoms with E-state index >= 15 is 0 Å². The van der Waals surface area contributed by atoms with Crippen molar-refractivity contribution in [1.82, 2.24) is 0 Å². The standard InChI is InChI=1S/C12H26.C6H12/c1-4-5-6-7-8-9-10-11-12(2)3;1-2-4-6-5-3-1/h12H,4-11H2,1-3H3;1-6H2. The monoisotopic (exact) mass is 254 g/mol. The highest BCUT2D eigenvalue weighted by atomic mass is 14.0. The van der Waals surface area contributed by atoms with Gasteiger partial charge in [-0.2, -0.15) is 0 Å². The first-order chi connectivity index (χ1) is 8.77. The summed E-state index contributed by atoms with van der Waals surface area (Å²) in [5, 5.41) is 0. The molecule has 0 aliphatic heterocycles. The summed E-state index contributed by atoms with van der Waals surface area (Å²) in [6.45, 7) is 6.91. The van der Waals surface area contributed by atoms with Crippen molar-refractivity contribution in [3.63, 3.8) is 0 Å². The summed E-state index contributed by atoms with van der Waals surface area (Å²) in [5.41, 5.74) is 0. The zero-order chi connectivity index (χ0) is 13.5. The number of hydrogen-bond acceptors (Lipinski definition) is 0. The van der Waals surface area contributed by atoms with Crippen LogP contribution in [0.5, 0.6) is 0 Å². The van der Waals surface area contributed by atoms with E-state index in [1.807, 2.05) is 0 Å². The van der Waals surface area contributed by atoms with E-state index in [1.54, 1.807) is 0 Å². The highest BCUT2D eigenvalue weighted by Gasteiger charge is 1.95. The molecule has 18 heavy (non-hydrogen) atoms. The summed E-state index contributed by atoms with van der Waals surface area (Å²) in [6.07, 6.45) is 20.5. The Balaban J connectivity index is 0.000000397. The van der Waals surface area contributed by atoms with Crippen molar-refractivity contribution in [3.05, 3.63) is 0 Å². The van der Waals surface area contributed by atoms with Crippen molar-refractivity contribution in [2.45, 2.75) is 111 Å². The summed E-state index contributed by atoms with van der Waals surface area (Å²) < 4.78 is 0. The molecule has 0 saturated heterocycles. The number of rotatable bonds is 8. The maximum absolute atomic E-state index is 2.32. The van der Waals surface area contributed by atoms with Gasteiger partial charge in [0.15, 0.2) is 0 Å². The summed E-state index contributed by atoms with van der Waals surface area (Å²) in [7, 11) is 0. The number of hydrogen-bond donors (Lipinski definition) is 0. The second-order valence-electron chi connectivity index (χ2n) is 6.43. The minimum atomic E-state index is 0.903. The third kappa shape index (κ3) is 16.0. The summed E-state index contributed by atoms with van der Waals surface area (Å²) in [5.74, 6) is 0.903. The van der Waals surface area contributed by atoms with Crippen LogP contribution in [-0.4, -0.2) is 0 Å². The second-order valence-corrected chi connectivity index (χ2v) is 6.43. The fourth-order valence-corrected chi connectivity index (χ4v) is 2.57. The van der Waals surface area contributed by atoms with Crippen molar-refractivity contribution in [1.29, 1.82) is 0 Å². The van der Waals surface area contributed by atoms with Crippen LogP contribution in [0.3, 0.4) is 0 Å². The SMILES string of the molecule is C1CCCCC1.CCCCCCCCCC(C)C. The molecule has 0 heteroatoms. The van der Waals surface area contributed by atoms with Gasteiger partial charge in [0.25, 0.3) is 0 Å². The van der Waals surface area contributed by atoms with Crippen molar-refractivity contribution in [2.75, 3.05) is 0 Å². The van der Waals surface area contributed by atoms with E-state index in [2.05, 4.69) is 20.8 Å². The van der Waals surface area contributed by atoms with Gasteiger partial charge in [0.05, 0.1) is 0 Å². The molecule has 1 saturated carbocycles. The Labute approximate surface area is 117 Å². The molecule has 0 N–H and O–H groups in total. The molecular weight excluding hydrogens is 216 g/mol. The Hall–Kier alpha value is 0. The van der Waals surface area contributed by atoms with Crippen molar-refractivity contribution in [3.8, 4) is 0 Å². The molecule has 110 valence electrons. The lowest BCUT2D eigenvalue weighted by Crippen LogP contribution is -1.87. The van der Waals surface area contributed by atoms with Crippen LogP contribution in [-0.2, 0) is 0 Å². The Bertz CT molecular complexity index is 121. The quantitative estimate of drug-likeness (QED) is 0.404. The first kappa shape index (κ1) is 18.0. The molecule has 0 atom stereocenters. The Morgan fingerprint density at radius 3 is 1.39 bits per heavy atom. The normalized spacial score (nSPS) is 15.3. The van der Waals surface area contributed by atoms with Crippen molar-refractivity contribution in [2.24, 2.45) is 5.92 Å². The fraction of sp³-hybridized carbons (Fsp3) is 1.00. The predicted molar refractivity (Wildman–Crippen MR) is 85.2 cm³/mol. The van der Waals surface area contributed by atoms with Crippen LogP contribution in [0.1, 0.15) is 111 Å². The summed E-state index contributed by atoms with van der Waals surface area (Å²) in [4.78, 5) is 0. The molecular formula is C18H38. The van der Waals surface area contributed by atoms with Gasteiger partial charge in [0.2, 0.25) is 0 Å². The molecule has 0 aromatic rings. The van der Waals surface area contributed by atoms with Gasteiger partial charge in [-0.25, -0.2) is 0 Å². The highest BCUT2D eigenvalue weighted by Crippen LogP contribution is 2.15. The molecule has 0 heterocycles. The zero-order valence-corrected chi connectivity index (χ0v) is 13.5. The minimum absolute atomic E-state index is 0.903. The summed E-state index contributed by atoms with van der Waals surface area (Å²) >= 11 is 0. The van der Waals surface area contributed by atoms with Gasteiger partial charge in [-0.15, -0.1) is 0 Å². The molecule has 0 radical (unpaired) electrons. The lowest BCUT2D eigenvalue weighted by molar-refractivity contribution is 0.504. The Morgan fingerprint density at radius 1 is 0.611 bits per heavy atom. The Kier molecular flexibility index (Phi) is 15.1. The minimum Gasteiger partial charge on any atom is -0.0654 e. The van der Waals surface area contributed by atoms with E-state index < -0.39 is 0 Å². The highest BCUT2D eigenvalue weighted by molar-refractivity contribution is 4.51. The van der Waals surface area contributed by atoms with Crippen molar-refractivity contribution >= 4 is 0 Å². The molecule has 0 amide bonds. The van der Waals surface area contributed by atoms with Crippen LogP contribution < -0.4 is 0 Å². The molecule has 0 aromatic heterocycles. The van der Waals surface area contributed by atoms with Gasteiger partial charge in [-0.1, -0.05) is 111 Å². The first-order valence-electron chi connectivity index (χ1n) is 8.77. The van der Waals surface area contributed by atoms with Crippen LogP contribution >= 0.6 is 0 Å². The summed E-state index contributed by atoms with van der Waals surface area (Å²) in [6, 6.07) is 0. The largest absolute Gasteiger partial charge is 0.0654 e. The maximum atomic E-state index is 2.32. The maximum Gasteiger partial charge on any atom is -0.0471 e. The average Bonchev–Trinajstić information content (AvgIpc) is 2.40. The van der Waals surface area contributed by atoms with Crippen LogP contribution in [0.4, 0.5) is 0 Å². The van der Waals surface area contributed by atoms with Crippen LogP contribution in [0.25, 0.3) is 0 Å². The van der Waals surface area contributed by atoms with E-state index in [1.165, 1.54) is 89.9 Å². The lowest BCUT2D eigenvalue weighted by atomic mass is 10.0. The smallest absolute Gasteiger partial charge is 0.0471 e. The lowest BCUT2D eigenvalue weighted by Gasteiger charge is -2.05. The zero-order valence-electron chi connectivity index (χ0n) is 13.5. The predicted octanol–water partition coefficient (Wildman–Crippen LogP) is 7.12. The molecule has 1 aliphatic carbocycles. The molecule has 1 fully saturated rings. The second kappa shape index (κ2) is 15.1. The van der Waals surface area contributed by atoms with Crippen LogP contribution in [0.15, 0.2) is 0 Å². The fourth-order valence-electron chi connectivity index (χ4n) is 2.57. The van der Waals surface area contributed by atoms with Crippen molar-refractivity contribution < 1.29 is 0 Å². The molecule has 1 rings (SSSR count). The molecule has 0 bridgehead atoms. The van der Waals surface area contributed by atoms with E-state index in [0.29, 0.717) is 0 Å². The van der Waals surface area contributed by atoms with E-state index in [-0.39, 0.29) is 0 Å². The molecule has 0 aromatic carbocycles. The van der Waals surface area contributed by atoms with Gasteiger partial charge in [-0.05, 0) is 5.92 Å². The first-order valence-corrected chi connectivity index (χ1v) is 8.77. The molecule has 0 spiro atoms. The van der Waals surface area contributed by atoms with Gasteiger partial charge in [-0.3, -0.25) is 0 Å². The van der Waals surface area contributed by atoms with Crippen LogP contribution in [0.2, 0.25) is 0 Å². The van der Waals surface area contributed by atoms with Gasteiger partial charge in [0.1, 0.15) is 0 Å². The van der Waals surface area contributed by atoms with E-state index in [4.69, 9.17) is 0 Å². The topological polar surface area (TPSA) is 0 Å². The Morgan fingerprint density at radius 2 is 1.00 bits per heavy atom. The van der Waals surface area contributed by atoms with Gasteiger partial charge >= 0.3 is 0 Å². The molecule has 0 nitrogen and oxygen atoms in total. The molecule has 1 aliphatic rings. The van der Waals surface area contributed by atoms with Gasteiger partial charge < -0.3 is 0 Å². The number of unbranched alkanes of at least 4 members (excludes halogenated alkanes) is 6. The third-order valence-corrected chi connectivity index (χ3v) is 3.89. The third-order valence-electron chi connectivity index (χ3n) is 3.89. The molecule has 0 unspecified atom stereocenters. The van der Waals surface area contributed by atoms with Crippen LogP contribution in [0, 0.1) is 5.92 Å². The van der Waals surface area contributed by atoms with E-state index in [0.717, 1.165) is 5.92 Å². The van der Waals surface area contributed by atoms with E-state index in [9.17, 15) is 0 Å². The van der Waals surface area contributed by atoms with Gasteiger partial charge in [0, 0.05) is 0 Å².